The van der Waals surface area contributed by atoms with Gasteiger partial charge in [0.05, 0.1) is 12.3 Å². The SMILES string of the molecule is Cc1nc(OCC(F)F)ncc1CO. The Morgan fingerprint density at radius 2 is 2.29 bits per heavy atom. The van der Waals surface area contributed by atoms with Gasteiger partial charge >= 0.3 is 6.01 Å². The van der Waals surface area contributed by atoms with E-state index in [9.17, 15) is 8.78 Å². The van der Waals surface area contributed by atoms with Crippen LogP contribution in [0.4, 0.5) is 8.78 Å². The van der Waals surface area contributed by atoms with Crippen LogP contribution in [0.15, 0.2) is 6.20 Å². The van der Waals surface area contributed by atoms with Crippen LogP contribution in [0.25, 0.3) is 0 Å². The molecule has 0 atom stereocenters. The summed E-state index contributed by atoms with van der Waals surface area (Å²) in [5, 5.41) is 8.79. The lowest BCUT2D eigenvalue weighted by atomic mass is 10.3. The van der Waals surface area contributed by atoms with Gasteiger partial charge in [-0.1, -0.05) is 0 Å². The van der Waals surface area contributed by atoms with Crippen molar-refractivity contribution in [2.75, 3.05) is 6.61 Å². The van der Waals surface area contributed by atoms with Crippen molar-refractivity contribution < 1.29 is 18.6 Å². The van der Waals surface area contributed by atoms with E-state index in [1.165, 1.54) is 6.20 Å². The lowest BCUT2D eigenvalue weighted by Crippen LogP contribution is -2.10. The molecule has 0 aliphatic carbocycles. The lowest BCUT2D eigenvalue weighted by Gasteiger charge is -2.05. The molecule has 0 aliphatic heterocycles. The van der Waals surface area contributed by atoms with Crippen molar-refractivity contribution in [2.45, 2.75) is 20.0 Å². The Balaban J connectivity index is 2.66. The normalized spacial score (nSPS) is 10.6. The van der Waals surface area contributed by atoms with Crippen molar-refractivity contribution in [3.05, 3.63) is 17.5 Å². The molecule has 0 bridgehead atoms. The highest BCUT2D eigenvalue weighted by Crippen LogP contribution is 2.09. The van der Waals surface area contributed by atoms with Gasteiger partial charge < -0.3 is 9.84 Å². The van der Waals surface area contributed by atoms with E-state index in [4.69, 9.17) is 5.11 Å². The average molecular weight is 204 g/mol. The number of halogens is 2. The van der Waals surface area contributed by atoms with Gasteiger partial charge in [0, 0.05) is 11.8 Å². The number of ether oxygens (including phenoxy) is 1. The van der Waals surface area contributed by atoms with Crippen LogP contribution in [0.2, 0.25) is 0 Å². The second kappa shape index (κ2) is 4.80. The summed E-state index contributed by atoms with van der Waals surface area (Å²) >= 11 is 0. The number of hydrogen-bond acceptors (Lipinski definition) is 4. The molecule has 14 heavy (non-hydrogen) atoms. The fourth-order valence-corrected chi connectivity index (χ4v) is 0.833. The molecule has 0 amide bonds. The number of rotatable bonds is 4. The van der Waals surface area contributed by atoms with Crippen molar-refractivity contribution >= 4 is 0 Å². The Hall–Kier alpha value is -1.30. The number of nitrogens with zero attached hydrogens (tertiary/aromatic N) is 2. The van der Waals surface area contributed by atoms with Crippen LogP contribution in [-0.4, -0.2) is 28.1 Å². The minimum atomic E-state index is -2.54. The molecule has 4 nitrogen and oxygen atoms in total. The Morgan fingerprint density at radius 3 is 2.79 bits per heavy atom. The second-order valence-corrected chi connectivity index (χ2v) is 2.62. The van der Waals surface area contributed by atoms with Gasteiger partial charge in [-0.2, -0.15) is 0 Å². The first-order valence-electron chi connectivity index (χ1n) is 3.97. The molecule has 0 spiro atoms. The third kappa shape index (κ3) is 2.88. The molecule has 1 N–H and O–H groups in total. The molecule has 0 aromatic carbocycles. The highest BCUT2D eigenvalue weighted by atomic mass is 19.3. The maximum Gasteiger partial charge on any atom is 0.316 e. The van der Waals surface area contributed by atoms with Crippen LogP contribution in [0.3, 0.4) is 0 Å². The predicted octanol–water partition coefficient (Wildman–Crippen LogP) is 0.921. The van der Waals surface area contributed by atoms with Crippen molar-refractivity contribution in [3.8, 4) is 6.01 Å². The lowest BCUT2D eigenvalue weighted by molar-refractivity contribution is 0.0768. The monoisotopic (exact) mass is 204 g/mol. The van der Waals surface area contributed by atoms with Gasteiger partial charge in [0.25, 0.3) is 6.43 Å². The molecule has 0 unspecified atom stereocenters. The second-order valence-electron chi connectivity index (χ2n) is 2.62. The highest BCUT2D eigenvalue weighted by Gasteiger charge is 2.07. The van der Waals surface area contributed by atoms with Crippen LogP contribution in [0.1, 0.15) is 11.3 Å². The quantitative estimate of drug-likeness (QED) is 0.792. The molecule has 1 heterocycles. The first-order chi connectivity index (χ1) is 6.63. The minimum absolute atomic E-state index is 0.0972. The van der Waals surface area contributed by atoms with Gasteiger partial charge in [-0.05, 0) is 6.92 Å². The van der Waals surface area contributed by atoms with Crippen molar-refractivity contribution in [1.29, 1.82) is 0 Å². The first-order valence-corrected chi connectivity index (χ1v) is 3.97. The number of aryl methyl sites for hydroxylation is 1. The summed E-state index contributed by atoms with van der Waals surface area (Å²) in [4.78, 5) is 7.44. The molecule has 78 valence electrons. The van der Waals surface area contributed by atoms with E-state index in [2.05, 4.69) is 14.7 Å². The first kappa shape index (κ1) is 10.8. The van der Waals surface area contributed by atoms with Crippen LogP contribution in [-0.2, 0) is 6.61 Å². The molecular formula is C8H10F2N2O2. The summed E-state index contributed by atoms with van der Waals surface area (Å²) in [6.45, 7) is 0.737. The summed E-state index contributed by atoms with van der Waals surface area (Å²) in [6.07, 6.45) is -1.19. The van der Waals surface area contributed by atoms with Crippen LogP contribution < -0.4 is 4.74 Å². The van der Waals surface area contributed by atoms with Crippen LogP contribution >= 0.6 is 0 Å². The fraction of sp³-hybridized carbons (Fsp3) is 0.500. The van der Waals surface area contributed by atoms with Gasteiger partial charge in [0.15, 0.2) is 6.61 Å². The Kier molecular flexibility index (Phi) is 3.70. The topological polar surface area (TPSA) is 55.2 Å². The Labute approximate surface area is 79.6 Å². The summed E-state index contributed by atoms with van der Waals surface area (Å²) in [6, 6.07) is -0.0972. The van der Waals surface area contributed by atoms with E-state index in [0.29, 0.717) is 11.3 Å². The number of hydrogen-bond donors (Lipinski definition) is 1. The predicted molar refractivity (Wildman–Crippen MR) is 44.2 cm³/mol. The Bertz CT molecular complexity index is 307. The van der Waals surface area contributed by atoms with Gasteiger partial charge in [0.1, 0.15) is 0 Å². The molecule has 0 radical (unpaired) electrons. The zero-order valence-electron chi connectivity index (χ0n) is 7.57. The molecule has 6 heteroatoms. The van der Waals surface area contributed by atoms with E-state index < -0.39 is 13.0 Å². The zero-order valence-corrected chi connectivity index (χ0v) is 7.57. The van der Waals surface area contributed by atoms with Gasteiger partial charge in [-0.3, -0.25) is 0 Å². The van der Waals surface area contributed by atoms with E-state index in [1.807, 2.05) is 0 Å². The average Bonchev–Trinajstić information content (AvgIpc) is 2.15. The highest BCUT2D eigenvalue weighted by molar-refractivity contribution is 5.16. The van der Waals surface area contributed by atoms with Crippen LogP contribution in [0.5, 0.6) is 6.01 Å². The van der Waals surface area contributed by atoms with E-state index in [0.717, 1.165) is 0 Å². The van der Waals surface area contributed by atoms with Crippen molar-refractivity contribution in [1.82, 2.24) is 9.97 Å². The van der Waals surface area contributed by atoms with Gasteiger partial charge in [-0.15, -0.1) is 0 Å². The molecule has 1 rings (SSSR count). The minimum Gasteiger partial charge on any atom is -0.457 e. The van der Waals surface area contributed by atoms with Crippen molar-refractivity contribution in [2.24, 2.45) is 0 Å². The number of aliphatic hydroxyl groups excluding tert-OH is 1. The van der Waals surface area contributed by atoms with Gasteiger partial charge in [0.2, 0.25) is 0 Å². The Morgan fingerprint density at radius 1 is 1.57 bits per heavy atom. The largest absolute Gasteiger partial charge is 0.457 e. The summed E-state index contributed by atoms with van der Waals surface area (Å²) < 4.78 is 28.1. The number of alkyl halides is 2. The number of aliphatic hydroxyl groups is 1. The third-order valence-corrected chi connectivity index (χ3v) is 1.57. The number of aromatic nitrogens is 2. The molecule has 1 aromatic heterocycles. The third-order valence-electron chi connectivity index (χ3n) is 1.57. The van der Waals surface area contributed by atoms with E-state index >= 15 is 0 Å². The van der Waals surface area contributed by atoms with E-state index in [1.54, 1.807) is 6.92 Å². The molecule has 0 saturated heterocycles. The molecule has 0 fully saturated rings. The molecule has 0 saturated carbocycles. The fourth-order valence-electron chi connectivity index (χ4n) is 0.833. The zero-order chi connectivity index (χ0) is 10.6. The molecule has 0 aliphatic rings. The molecule has 1 aromatic rings. The van der Waals surface area contributed by atoms with Crippen LogP contribution in [0, 0.1) is 6.92 Å². The summed E-state index contributed by atoms with van der Waals surface area (Å²) in [5.41, 5.74) is 1.07. The smallest absolute Gasteiger partial charge is 0.316 e. The van der Waals surface area contributed by atoms with E-state index in [-0.39, 0.29) is 12.6 Å². The summed E-state index contributed by atoms with van der Waals surface area (Å²) in [5.74, 6) is 0. The maximum atomic E-state index is 11.7. The van der Waals surface area contributed by atoms with Crippen molar-refractivity contribution in [3.63, 3.8) is 0 Å². The summed E-state index contributed by atoms with van der Waals surface area (Å²) in [7, 11) is 0. The van der Waals surface area contributed by atoms with Gasteiger partial charge in [-0.25, -0.2) is 18.7 Å². The standard InChI is InChI=1S/C8H10F2N2O2/c1-5-6(3-13)2-11-8(12-5)14-4-7(9)10/h2,7,13H,3-4H2,1H3. The molecular weight excluding hydrogens is 194 g/mol. The maximum absolute atomic E-state index is 11.7.